The van der Waals surface area contributed by atoms with Crippen LogP contribution in [-0.4, -0.2) is 45.5 Å². The number of aromatic hydroxyl groups is 2. The fraction of sp³-hybridized carbons (Fsp3) is 0.286. The largest absolute Gasteiger partial charge is 0.508 e. The summed E-state index contributed by atoms with van der Waals surface area (Å²) in [6.07, 6.45) is 1.56. The Bertz CT molecular complexity index is 1440. The maximum Gasteiger partial charge on any atom is 0.255 e. The number of phenols is 2. The molecule has 0 fully saturated rings. The molecule has 0 bridgehead atoms. The number of rotatable bonds is 14. The molecule has 0 radical (unpaired) electrons. The summed E-state index contributed by atoms with van der Waals surface area (Å²) in [6.45, 7) is 2.59. The van der Waals surface area contributed by atoms with Crippen molar-refractivity contribution in [1.82, 2.24) is 10.6 Å². The highest BCUT2D eigenvalue weighted by atomic mass is 16.3. The number of hydrogen-bond acceptors (Lipinski definition) is 6. The van der Waals surface area contributed by atoms with E-state index in [0.29, 0.717) is 24.2 Å². The molecule has 1 amide bonds. The van der Waals surface area contributed by atoms with E-state index in [-0.39, 0.29) is 41.5 Å². The summed E-state index contributed by atoms with van der Waals surface area (Å²) in [7, 11) is 0. The molecule has 42 heavy (non-hydrogen) atoms. The Balaban J connectivity index is 1.38. The van der Waals surface area contributed by atoms with E-state index in [4.69, 9.17) is 0 Å². The van der Waals surface area contributed by atoms with Crippen LogP contribution < -0.4 is 10.6 Å². The second-order valence-electron chi connectivity index (χ2n) is 10.8. The average Bonchev–Trinajstić information content (AvgIpc) is 3.00. The molecule has 3 atom stereocenters. The Morgan fingerprint density at radius 1 is 0.786 bits per heavy atom. The number of phenolic OH excluding ortho intramolecular Hbond substituents is 1. The third-order valence-corrected chi connectivity index (χ3v) is 7.53. The molecule has 4 aromatic carbocycles. The predicted octanol–water partition coefficient (Wildman–Crippen LogP) is 4.99. The summed E-state index contributed by atoms with van der Waals surface area (Å²) in [6, 6.07) is 30.2. The quantitative estimate of drug-likeness (QED) is 0.127. The Labute approximate surface area is 247 Å². The number of nitrogens with one attached hydrogen (secondary N) is 2. The molecule has 0 saturated carbocycles. The first-order chi connectivity index (χ1) is 20.3. The minimum atomic E-state index is -0.770. The number of aliphatic hydroxyl groups is 2. The van der Waals surface area contributed by atoms with Crippen molar-refractivity contribution in [2.24, 2.45) is 0 Å². The van der Waals surface area contributed by atoms with Crippen LogP contribution in [0.3, 0.4) is 0 Å². The van der Waals surface area contributed by atoms with Crippen molar-refractivity contribution in [3.8, 4) is 11.5 Å². The lowest BCUT2D eigenvalue weighted by Gasteiger charge is -2.21. The Morgan fingerprint density at radius 3 is 2.29 bits per heavy atom. The topological polar surface area (TPSA) is 122 Å². The van der Waals surface area contributed by atoms with Crippen LogP contribution in [0.15, 0.2) is 97.1 Å². The molecule has 0 spiro atoms. The van der Waals surface area contributed by atoms with E-state index in [2.05, 4.69) is 54.0 Å². The number of benzene rings is 4. The van der Waals surface area contributed by atoms with Gasteiger partial charge in [0, 0.05) is 24.7 Å². The van der Waals surface area contributed by atoms with Gasteiger partial charge >= 0.3 is 0 Å². The van der Waals surface area contributed by atoms with Crippen molar-refractivity contribution in [1.29, 1.82) is 0 Å². The first-order valence-corrected chi connectivity index (χ1v) is 14.4. The van der Waals surface area contributed by atoms with Gasteiger partial charge in [0.15, 0.2) is 0 Å². The molecule has 4 aromatic rings. The summed E-state index contributed by atoms with van der Waals surface area (Å²) >= 11 is 0. The molecule has 0 aliphatic carbocycles. The van der Waals surface area contributed by atoms with Gasteiger partial charge in [0.2, 0.25) is 0 Å². The molecular formula is C35H40N2O5. The van der Waals surface area contributed by atoms with Crippen LogP contribution >= 0.6 is 0 Å². The smallest absolute Gasteiger partial charge is 0.255 e. The highest BCUT2D eigenvalue weighted by molar-refractivity contribution is 5.96. The van der Waals surface area contributed by atoms with Crippen molar-refractivity contribution >= 4 is 5.91 Å². The van der Waals surface area contributed by atoms with Gasteiger partial charge < -0.3 is 31.1 Å². The Morgan fingerprint density at radius 2 is 1.52 bits per heavy atom. The summed E-state index contributed by atoms with van der Waals surface area (Å²) < 4.78 is 0. The van der Waals surface area contributed by atoms with Crippen LogP contribution in [-0.2, 0) is 19.4 Å². The highest BCUT2D eigenvalue weighted by Gasteiger charge is 2.17. The number of hydrogen-bond donors (Lipinski definition) is 6. The lowest BCUT2D eigenvalue weighted by Crippen LogP contribution is -2.32. The molecule has 0 aliphatic rings. The third-order valence-electron chi connectivity index (χ3n) is 7.53. The van der Waals surface area contributed by atoms with Crippen molar-refractivity contribution < 1.29 is 25.2 Å². The molecule has 7 nitrogen and oxygen atoms in total. The van der Waals surface area contributed by atoms with E-state index in [1.807, 2.05) is 18.2 Å². The molecular weight excluding hydrogens is 528 g/mol. The number of carbonyl (C=O) groups is 1. The molecule has 1 unspecified atom stereocenters. The van der Waals surface area contributed by atoms with E-state index < -0.39 is 6.10 Å². The van der Waals surface area contributed by atoms with Gasteiger partial charge in [-0.1, -0.05) is 72.8 Å². The fourth-order valence-electron chi connectivity index (χ4n) is 5.18. The maximum atomic E-state index is 12.6. The molecule has 0 heterocycles. The van der Waals surface area contributed by atoms with Gasteiger partial charge in [-0.2, -0.15) is 0 Å². The lowest BCUT2D eigenvalue weighted by molar-refractivity contribution is 0.0949. The van der Waals surface area contributed by atoms with Gasteiger partial charge in [0.25, 0.3) is 5.91 Å². The number of carbonyl (C=O) groups excluding carboxylic acids is 1. The van der Waals surface area contributed by atoms with E-state index in [1.54, 1.807) is 30.3 Å². The minimum Gasteiger partial charge on any atom is -0.508 e. The van der Waals surface area contributed by atoms with Crippen LogP contribution in [0.25, 0.3) is 0 Å². The van der Waals surface area contributed by atoms with E-state index in [9.17, 15) is 25.2 Å². The second-order valence-corrected chi connectivity index (χ2v) is 10.8. The van der Waals surface area contributed by atoms with Gasteiger partial charge in [0.05, 0.1) is 18.3 Å². The predicted molar refractivity (Wildman–Crippen MR) is 165 cm³/mol. The molecule has 0 aromatic heterocycles. The summed E-state index contributed by atoms with van der Waals surface area (Å²) in [5.74, 6) is -0.130. The van der Waals surface area contributed by atoms with E-state index >= 15 is 0 Å². The van der Waals surface area contributed by atoms with Crippen LogP contribution in [0, 0.1) is 0 Å². The van der Waals surface area contributed by atoms with Crippen LogP contribution in [0.5, 0.6) is 11.5 Å². The van der Waals surface area contributed by atoms with Gasteiger partial charge in [-0.3, -0.25) is 4.79 Å². The van der Waals surface area contributed by atoms with Gasteiger partial charge in [-0.15, -0.1) is 0 Å². The summed E-state index contributed by atoms with van der Waals surface area (Å²) in [4.78, 5) is 12.6. The van der Waals surface area contributed by atoms with Crippen molar-refractivity contribution in [2.75, 3.05) is 13.1 Å². The zero-order valence-electron chi connectivity index (χ0n) is 23.9. The summed E-state index contributed by atoms with van der Waals surface area (Å²) in [5.41, 5.74) is 4.88. The third kappa shape index (κ3) is 8.66. The number of amides is 1. The first-order valence-electron chi connectivity index (χ1n) is 14.4. The fourth-order valence-corrected chi connectivity index (χ4v) is 5.18. The minimum absolute atomic E-state index is 0.0121. The molecule has 0 saturated heterocycles. The number of para-hydroxylation sites is 1. The zero-order valence-corrected chi connectivity index (χ0v) is 23.9. The highest BCUT2D eigenvalue weighted by Crippen LogP contribution is 2.26. The second kappa shape index (κ2) is 15.2. The molecule has 0 aliphatic heterocycles. The monoisotopic (exact) mass is 568 g/mol. The average molecular weight is 569 g/mol. The number of aliphatic hydroxyl groups excluding tert-OH is 2. The van der Waals surface area contributed by atoms with E-state index in [0.717, 1.165) is 19.3 Å². The van der Waals surface area contributed by atoms with Crippen molar-refractivity contribution in [2.45, 2.75) is 50.9 Å². The van der Waals surface area contributed by atoms with Crippen LogP contribution in [0.2, 0.25) is 0 Å². The normalized spacial score (nSPS) is 13.3. The van der Waals surface area contributed by atoms with Gasteiger partial charge in [-0.05, 0) is 78.6 Å². The Hall–Kier alpha value is -4.17. The lowest BCUT2D eigenvalue weighted by atomic mass is 9.87. The zero-order chi connectivity index (χ0) is 29.9. The Kier molecular flexibility index (Phi) is 11.1. The van der Waals surface area contributed by atoms with Crippen molar-refractivity contribution in [3.05, 3.63) is 130 Å². The van der Waals surface area contributed by atoms with Crippen LogP contribution in [0.1, 0.15) is 63.5 Å². The standard InChI is InChI=1S/C35H40N2O5/c1-24(37-22-34(41)29-14-15-32(39)30(21-29)23-38)18-26-10-7-11-27(20-26)28(19-25-8-3-2-4-9-25)16-17-36-35(42)31-12-5-6-13-33(31)40/h2-15,20-21,24,28,34,37-41H,16-19,22-23H2,1H3,(H,36,42)/t24-,28?,34-/m1/s1. The molecule has 6 N–H and O–H groups in total. The molecule has 4 rings (SSSR count). The van der Waals surface area contributed by atoms with Gasteiger partial charge in [-0.25, -0.2) is 0 Å². The van der Waals surface area contributed by atoms with Crippen LogP contribution in [0.4, 0.5) is 0 Å². The maximum absolute atomic E-state index is 12.6. The molecule has 7 heteroatoms. The first kappa shape index (κ1) is 30.8. The van der Waals surface area contributed by atoms with Crippen molar-refractivity contribution in [3.63, 3.8) is 0 Å². The summed E-state index contributed by atoms with van der Waals surface area (Å²) in [5, 5.41) is 46.2. The SMILES string of the molecule is C[C@H](Cc1cccc(C(CCNC(=O)c2ccccc2O)Cc2ccccc2)c1)NC[C@@H](O)c1ccc(O)c(CO)c1. The van der Waals surface area contributed by atoms with Gasteiger partial charge in [0.1, 0.15) is 11.5 Å². The van der Waals surface area contributed by atoms with E-state index in [1.165, 1.54) is 28.8 Å². The molecule has 220 valence electrons.